The summed E-state index contributed by atoms with van der Waals surface area (Å²) in [5.74, 6) is 0. The van der Waals surface area contributed by atoms with Gasteiger partial charge in [-0.2, -0.15) is 0 Å². The molecule has 3 nitrogen and oxygen atoms in total. The van der Waals surface area contributed by atoms with Gasteiger partial charge < -0.3 is 10.2 Å². The fourth-order valence-corrected chi connectivity index (χ4v) is 3.52. The summed E-state index contributed by atoms with van der Waals surface area (Å²) in [4.78, 5) is 5.03. The van der Waals surface area contributed by atoms with Crippen LogP contribution in [0.5, 0.6) is 0 Å². The van der Waals surface area contributed by atoms with Crippen LogP contribution in [0.15, 0.2) is 48.5 Å². The lowest BCUT2D eigenvalue weighted by atomic mass is 10.1. The maximum atomic E-state index is 3.42. The van der Waals surface area contributed by atoms with Gasteiger partial charge in [-0.25, -0.2) is 0 Å². The fraction of sp³-hybridized carbons (Fsp3) is 0.368. The molecule has 114 valence electrons. The average molecular weight is 293 g/mol. The van der Waals surface area contributed by atoms with Gasteiger partial charge in [-0.05, 0) is 28.8 Å². The zero-order chi connectivity index (χ0) is 14.8. The second-order valence-corrected chi connectivity index (χ2v) is 6.32. The van der Waals surface area contributed by atoms with Crippen LogP contribution in [0.4, 0.5) is 5.69 Å². The normalized spacial score (nSPS) is 18.5. The molecule has 0 aromatic heterocycles. The Morgan fingerprint density at radius 3 is 2.45 bits per heavy atom. The van der Waals surface area contributed by atoms with Crippen LogP contribution in [0, 0.1) is 0 Å². The molecule has 4 rings (SSSR count). The van der Waals surface area contributed by atoms with Crippen LogP contribution in [0.2, 0.25) is 0 Å². The van der Waals surface area contributed by atoms with Crippen molar-refractivity contribution in [1.29, 1.82) is 0 Å². The molecule has 0 saturated carbocycles. The summed E-state index contributed by atoms with van der Waals surface area (Å²) in [6, 6.07) is 17.8. The van der Waals surface area contributed by atoms with E-state index in [0.29, 0.717) is 0 Å². The molecule has 1 saturated heterocycles. The molecule has 2 heterocycles. The van der Waals surface area contributed by atoms with Crippen molar-refractivity contribution in [1.82, 2.24) is 10.2 Å². The maximum Gasteiger partial charge on any atom is 0.0370 e. The van der Waals surface area contributed by atoms with Crippen molar-refractivity contribution >= 4 is 5.69 Å². The zero-order valence-corrected chi connectivity index (χ0v) is 13.0. The van der Waals surface area contributed by atoms with Gasteiger partial charge in [0.2, 0.25) is 0 Å². The van der Waals surface area contributed by atoms with Crippen molar-refractivity contribution in [2.45, 2.75) is 19.6 Å². The van der Waals surface area contributed by atoms with E-state index in [-0.39, 0.29) is 0 Å². The Kier molecular flexibility index (Phi) is 3.83. The average Bonchev–Trinajstić information content (AvgIpc) is 2.98. The van der Waals surface area contributed by atoms with Crippen LogP contribution in [-0.4, -0.2) is 31.1 Å². The highest BCUT2D eigenvalue weighted by atomic mass is 15.2. The Bertz CT molecular complexity index is 632. The van der Waals surface area contributed by atoms with Crippen molar-refractivity contribution in [3.8, 4) is 0 Å². The SMILES string of the molecule is c1ccc(CN2Cc3ccc(N4CCNCC4)cc3C2)cc1. The van der Waals surface area contributed by atoms with Crippen LogP contribution in [0.25, 0.3) is 0 Å². The molecule has 1 N–H and O–H groups in total. The lowest BCUT2D eigenvalue weighted by Crippen LogP contribution is -2.43. The first-order valence-corrected chi connectivity index (χ1v) is 8.22. The molecule has 0 amide bonds. The number of fused-ring (bicyclic) bond motifs is 1. The van der Waals surface area contributed by atoms with Gasteiger partial charge in [-0.15, -0.1) is 0 Å². The monoisotopic (exact) mass is 293 g/mol. The van der Waals surface area contributed by atoms with E-state index in [1.807, 2.05) is 0 Å². The molecule has 0 bridgehead atoms. The molecule has 0 atom stereocenters. The number of hydrogen-bond acceptors (Lipinski definition) is 3. The van der Waals surface area contributed by atoms with E-state index in [2.05, 4.69) is 63.6 Å². The summed E-state index contributed by atoms with van der Waals surface area (Å²) in [6.07, 6.45) is 0. The summed E-state index contributed by atoms with van der Waals surface area (Å²) in [6.45, 7) is 7.61. The number of nitrogens with zero attached hydrogens (tertiary/aromatic N) is 2. The molecule has 0 unspecified atom stereocenters. The summed E-state index contributed by atoms with van der Waals surface area (Å²) >= 11 is 0. The lowest BCUT2D eigenvalue weighted by Gasteiger charge is -2.29. The maximum absolute atomic E-state index is 3.42. The number of benzene rings is 2. The third kappa shape index (κ3) is 2.87. The fourth-order valence-electron chi connectivity index (χ4n) is 3.52. The summed E-state index contributed by atoms with van der Waals surface area (Å²) < 4.78 is 0. The number of nitrogens with one attached hydrogen (secondary N) is 1. The lowest BCUT2D eigenvalue weighted by molar-refractivity contribution is 0.275. The summed E-state index contributed by atoms with van der Waals surface area (Å²) in [7, 11) is 0. The zero-order valence-electron chi connectivity index (χ0n) is 13.0. The summed E-state index contributed by atoms with van der Waals surface area (Å²) in [5, 5.41) is 3.42. The van der Waals surface area contributed by atoms with Crippen molar-refractivity contribution in [2.24, 2.45) is 0 Å². The van der Waals surface area contributed by atoms with Crippen LogP contribution < -0.4 is 10.2 Å². The minimum Gasteiger partial charge on any atom is -0.369 e. The number of hydrogen-bond donors (Lipinski definition) is 1. The van der Waals surface area contributed by atoms with Gasteiger partial charge in [-0.1, -0.05) is 36.4 Å². The van der Waals surface area contributed by atoms with Crippen molar-refractivity contribution < 1.29 is 0 Å². The van der Waals surface area contributed by atoms with Crippen LogP contribution in [0.1, 0.15) is 16.7 Å². The Labute approximate surface area is 132 Å². The third-order valence-electron chi connectivity index (χ3n) is 4.71. The molecule has 2 aliphatic heterocycles. The van der Waals surface area contributed by atoms with Gasteiger partial charge in [-0.3, -0.25) is 4.90 Å². The minimum absolute atomic E-state index is 1.04. The van der Waals surface area contributed by atoms with Gasteiger partial charge in [0.1, 0.15) is 0 Å². The van der Waals surface area contributed by atoms with Gasteiger partial charge in [0.05, 0.1) is 0 Å². The standard InChI is InChI=1S/C19H23N3/c1-2-4-16(5-3-1)13-21-14-17-6-7-19(12-18(17)15-21)22-10-8-20-9-11-22/h1-7,12,20H,8-11,13-15H2. The predicted molar refractivity (Wildman–Crippen MR) is 90.9 cm³/mol. The molecule has 22 heavy (non-hydrogen) atoms. The molecule has 2 aromatic rings. The highest BCUT2D eigenvalue weighted by Crippen LogP contribution is 2.28. The van der Waals surface area contributed by atoms with Crippen LogP contribution in [-0.2, 0) is 19.6 Å². The topological polar surface area (TPSA) is 18.5 Å². The van der Waals surface area contributed by atoms with Gasteiger partial charge in [0, 0.05) is 51.5 Å². The third-order valence-corrected chi connectivity index (χ3v) is 4.71. The Morgan fingerprint density at radius 1 is 0.864 bits per heavy atom. The number of anilines is 1. The molecule has 0 radical (unpaired) electrons. The molecule has 0 aliphatic carbocycles. The van der Waals surface area contributed by atoms with E-state index in [9.17, 15) is 0 Å². The molecule has 0 spiro atoms. The van der Waals surface area contributed by atoms with E-state index in [1.165, 1.54) is 22.4 Å². The largest absolute Gasteiger partial charge is 0.369 e. The second-order valence-electron chi connectivity index (χ2n) is 6.32. The van der Waals surface area contributed by atoms with E-state index < -0.39 is 0 Å². The van der Waals surface area contributed by atoms with E-state index in [1.54, 1.807) is 0 Å². The quantitative estimate of drug-likeness (QED) is 0.938. The first-order chi connectivity index (χ1) is 10.9. The van der Waals surface area contributed by atoms with E-state index >= 15 is 0 Å². The van der Waals surface area contributed by atoms with Gasteiger partial charge in [0.25, 0.3) is 0 Å². The van der Waals surface area contributed by atoms with Gasteiger partial charge >= 0.3 is 0 Å². The summed E-state index contributed by atoms with van der Waals surface area (Å²) in [5.41, 5.74) is 5.79. The highest BCUT2D eigenvalue weighted by molar-refractivity contribution is 5.52. The van der Waals surface area contributed by atoms with E-state index in [4.69, 9.17) is 0 Å². The van der Waals surface area contributed by atoms with Crippen molar-refractivity contribution in [3.05, 3.63) is 65.2 Å². The predicted octanol–water partition coefficient (Wildman–Crippen LogP) is 2.61. The van der Waals surface area contributed by atoms with Gasteiger partial charge in [0.15, 0.2) is 0 Å². The minimum atomic E-state index is 1.04. The smallest absolute Gasteiger partial charge is 0.0370 e. The number of rotatable bonds is 3. The Balaban J connectivity index is 1.47. The van der Waals surface area contributed by atoms with E-state index in [0.717, 1.165) is 45.8 Å². The van der Waals surface area contributed by atoms with Crippen LogP contribution >= 0.6 is 0 Å². The van der Waals surface area contributed by atoms with Crippen LogP contribution in [0.3, 0.4) is 0 Å². The molecular weight excluding hydrogens is 270 g/mol. The molecular formula is C19H23N3. The molecule has 3 heteroatoms. The van der Waals surface area contributed by atoms with Crippen molar-refractivity contribution in [2.75, 3.05) is 31.1 Å². The van der Waals surface area contributed by atoms with Crippen molar-refractivity contribution in [3.63, 3.8) is 0 Å². The first kappa shape index (κ1) is 13.8. The molecule has 2 aliphatic rings. The first-order valence-electron chi connectivity index (χ1n) is 8.22. The second kappa shape index (κ2) is 6.11. The highest BCUT2D eigenvalue weighted by Gasteiger charge is 2.20. The molecule has 1 fully saturated rings. The molecule has 2 aromatic carbocycles. The Hall–Kier alpha value is -1.84. The Morgan fingerprint density at radius 2 is 1.64 bits per heavy atom. The number of piperazine rings is 1.